The number of rotatable bonds is 4. The number of aromatic nitrogens is 1. The number of benzene rings is 1. The molecule has 1 aromatic heterocycles. The summed E-state index contributed by atoms with van der Waals surface area (Å²) in [6.07, 6.45) is 3.56. The lowest BCUT2D eigenvalue weighted by Gasteiger charge is -2.43. The number of hydrogen-bond donors (Lipinski definition) is 0. The van der Waals surface area contributed by atoms with Crippen LogP contribution in [0, 0.1) is 10.6 Å². The van der Waals surface area contributed by atoms with Crippen LogP contribution < -0.4 is 4.74 Å². The number of esters is 2. The third-order valence-corrected chi connectivity index (χ3v) is 5.78. The van der Waals surface area contributed by atoms with E-state index >= 15 is 0 Å². The van der Waals surface area contributed by atoms with E-state index in [2.05, 4.69) is 4.98 Å². The number of fused-ring (bicyclic) bond motifs is 1. The highest BCUT2D eigenvalue weighted by Crippen LogP contribution is 2.50. The smallest absolute Gasteiger partial charge is 0.337 e. The predicted octanol–water partition coefficient (Wildman–Crippen LogP) is 3.79. The van der Waals surface area contributed by atoms with E-state index in [0.29, 0.717) is 22.4 Å². The van der Waals surface area contributed by atoms with E-state index in [1.807, 2.05) is 18.2 Å². The van der Waals surface area contributed by atoms with Gasteiger partial charge in [-0.1, -0.05) is 30.4 Å². The van der Waals surface area contributed by atoms with Gasteiger partial charge in [0, 0.05) is 29.2 Å². The first-order valence-electron chi connectivity index (χ1n) is 10.1. The topological polar surface area (TPSA) is 101 Å². The minimum absolute atomic E-state index is 0.132. The van der Waals surface area contributed by atoms with Crippen LogP contribution in [0.25, 0.3) is 11.3 Å². The molecule has 0 amide bonds. The highest BCUT2D eigenvalue weighted by molar-refractivity contribution is 5.89. The minimum atomic E-state index is -0.970. The molecule has 1 unspecified atom stereocenters. The van der Waals surface area contributed by atoms with Gasteiger partial charge in [-0.05, 0) is 32.0 Å². The average molecular weight is 435 g/mol. The zero-order chi connectivity index (χ0) is 23.0. The number of nitrogens with zero attached hydrogens (tertiary/aromatic N) is 2. The summed E-state index contributed by atoms with van der Waals surface area (Å²) >= 11 is 0. The fourth-order valence-electron chi connectivity index (χ4n) is 4.13. The van der Waals surface area contributed by atoms with Gasteiger partial charge >= 0.3 is 11.9 Å². The maximum atomic E-state index is 12.6. The molecule has 166 valence electrons. The van der Waals surface area contributed by atoms with E-state index in [4.69, 9.17) is 14.2 Å². The first-order chi connectivity index (χ1) is 15.3. The molecule has 2 aliphatic heterocycles. The van der Waals surface area contributed by atoms with Gasteiger partial charge in [-0.15, -0.1) is 0 Å². The Bertz CT molecular complexity index is 1130. The van der Waals surface area contributed by atoms with Crippen molar-refractivity contribution in [2.75, 3.05) is 20.8 Å². The Kier molecular flexibility index (Phi) is 5.48. The molecule has 0 fully saturated rings. The van der Waals surface area contributed by atoms with Crippen LogP contribution >= 0.6 is 0 Å². The highest BCUT2D eigenvalue weighted by atomic mass is 16.6. The lowest BCUT2D eigenvalue weighted by atomic mass is 9.70. The second-order valence-corrected chi connectivity index (χ2v) is 8.13. The van der Waals surface area contributed by atoms with Crippen LogP contribution in [-0.2, 0) is 14.3 Å². The molecule has 8 nitrogen and oxygen atoms in total. The molecule has 8 heteroatoms. The van der Waals surface area contributed by atoms with Gasteiger partial charge in [0.1, 0.15) is 0 Å². The molecule has 0 bridgehead atoms. The summed E-state index contributed by atoms with van der Waals surface area (Å²) in [5, 5.41) is 13.3. The second-order valence-electron chi connectivity index (χ2n) is 8.13. The molecular weight excluding hydrogens is 412 g/mol. The second kappa shape index (κ2) is 8.12. The van der Waals surface area contributed by atoms with Crippen LogP contribution in [0.3, 0.4) is 0 Å². The van der Waals surface area contributed by atoms with Crippen molar-refractivity contribution in [3.05, 3.63) is 76.3 Å². The van der Waals surface area contributed by atoms with Gasteiger partial charge in [0.25, 0.3) is 0 Å². The third kappa shape index (κ3) is 3.52. The van der Waals surface area contributed by atoms with Crippen LogP contribution in [0.1, 0.15) is 35.7 Å². The first kappa shape index (κ1) is 21.6. The third-order valence-electron chi connectivity index (χ3n) is 5.78. The number of carbonyl (C=O) groups is 2. The number of pyridine rings is 1. The van der Waals surface area contributed by atoms with Gasteiger partial charge in [0.15, 0.2) is 5.88 Å². The summed E-state index contributed by atoms with van der Waals surface area (Å²) in [5.41, 5.74) is 2.12. The summed E-state index contributed by atoms with van der Waals surface area (Å²) in [4.78, 5) is 29.0. The Morgan fingerprint density at radius 2 is 1.84 bits per heavy atom. The lowest BCUT2D eigenvalue weighted by Crippen LogP contribution is -2.39. The van der Waals surface area contributed by atoms with Gasteiger partial charge in [-0.25, -0.2) is 9.78 Å². The van der Waals surface area contributed by atoms with Crippen molar-refractivity contribution >= 4 is 11.9 Å². The molecule has 0 spiro atoms. The van der Waals surface area contributed by atoms with E-state index in [-0.39, 0.29) is 18.3 Å². The number of allylic oxidation sites excluding steroid dienone is 2. The Morgan fingerprint density at radius 1 is 1.12 bits per heavy atom. The maximum absolute atomic E-state index is 12.6. The van der Waals surface area contributed by atoms with Crippen LogP contribution in [-0.4, -0.2) is 42.8 Å². The molecule has 0 aliphatic carbocycles. The van der Waals surface area contributed by atoms with E-state index in [1.165, 1.54) is 14.2 Å². The predicted molar refractivity (Wildman–Crippen MR) is 116 cm³/mol. The van der Waals surface area contributed by atoms with Crippen molar-refractivity contribution in [1.29, 1.82) is 0 Å². The first-order valence-corrected chi connectivity index (χ1v) is 10.1. The molecule has 2 aromatic rings. The summed E-state index contributed by atoms with van der Waals surface area (Å²) in [6.45, 7) is 3.70. The normalized spacial score (nSPS) is 17.3. The van der Waals surface area contributed by atoms with Crippen LogP contribution in [0.2, 0.25) is 0 Å². The number of carbonyl (C=O) groups excluding carboxylic acids is 2. The highest BCUT2D eigenvalue weighted by Gasteiger charge is 2.46. The Hall–Kier alpha value is -3.65. The fourth-order valence-corrected chi connectivity index (χ4v) is 4.13. The van der Waals surface area contributed by atoms with E-state index in [9.17, 15) is 14.8 Å². The Balaban J connectivity index is 1.80. The molecule has 0 N–H and O–H groups in total. The number of hydrogen-bond acceptors (Lipinski definition) is 8. The van der Waals surface area contributed by atoms with E-state index in [1.54, 1.807) is 44.2 Å². The SMILES string of the molecule is COC(=O)c1ccc(-c2ccc3c(n2)OC2=C(C=CCN2[O-])C3C(C)(C)C(=O)OC)cc1. The van der Waals surface area contributed by atoms with Crippen molar-refractivity contribution in [2.24, 2.45) is 5.41 Å². The quantitative estimate of drug-likeness (QED) is 0.669. The average Bonchev–Trinajstić information content (AvgIpc) is 2.81. The Labute approximate surface area is 185 Å². The molecule has 0 saturated heterocycles. The Morgan fingerprint density at radius 3 is 2.50 bits per heavy atom. The molecule has 4 rings (SSSR count). The summed E-state index contributed by atoms with van der Waals surface area (Å²) < 4.78 is 15.7. The molecule has 32 heavy (non-hydrogen) atoms. The molecule has 2 aliphatic rings. The molecule has 1 aromatic carbocycles. The van der Waals surface area contributed by atoms with E-state index < -0.39 is 23.3 Å². The van der Waals surface area contributed by atoms with Crippen molar-refractivity contribution in [3.63, 3.8) is 0 Å². The van der Waals surface area contributed by atoms with Crippen LogP contribution in [0.5, 0.6) is 5.88 Å². The van der Waals surface area contributed by atoms with Crippen molar-refractivity contribution in [3.8, 4) is 17.1 Å². The maximum Gasteiger partial charge on any atom is 0.337 e. The fraction of sp³-hybridized carbons (Fsp3) is 0.292. The molecule has 0 radical (unpaired) electrons. The van der Waals surface area contributed by atoms with E-state index in [0.717, 1.165) is 10.6 Å². The van der Waals surface area contributed by atoms with Crippen molar-refractivity contribution in [2.45, 2.75) is 19.8 Å². The largest absolute Gasteiger partial charge is 0.756 e. The van der Waals surface area contributed by atoms with Gasteiger partial charge in [-0.3, -0.25) is 4.79 Å². The van der Waals surface area contributed by atoms with Crippen molar-refractivity contribution in [1.82, 2.24) is 10.0 Å². The molecule has 3 heterocycles. The van der Waals surface area contributed by atoms with Crippen molar-refractivity contribution < 1.29 is 23.8 Å². The monoisotopic (exact) mass is 435 g/mol. The van der Waals surface area contributed by atoms with Gasteiger partial charge in [0.2, 0.25) is 5.88 Å². The number of hydroxylamine groups is 2. The minimum Gasteiger partial charge on any atom is -0.756 e. The standard InChI is InChI=1S/C24H23N2O6/c1-24(2,23(28)31-4)19-16-11-12-18(14-7-9-15(10-8-14)22(27)30-3)25-20(16)32-21-17(19)6-5-13-26(21)29/h5-12,19H,13H2,1-4H3/q-1. The zero-order valence-corrected chi connectivity index (χ0v) is 18.2. The zero-order valence-electron chi connectivity index (χ0n) is 18.2. The summed E-state index contributed by atoms with van der Waals surface area (Å²) in [6, 6.07) is 10.5. The summed E-state index contributed by atoms with van der Waals surface area (Å²) in [7, 11) is 2.67. The lowest BCUT2D eigenvalue weighted by molar-refractivity contribution is -0.151. The van der Waals surface area contributed by atoms with Gasteiger partial charge in [-0.2, -0.15) is 0 Å². The van der Waals surface area contributed by atoms with Gasteiger partial charge < -0.3 is 24.5 Å². The summed E-state index contributed by atoms with van der Waals surface area (Å²) in [5.74, 6) is -0.915. The van der Waals surface area contributed by atoms with Crippen LogP contribution in [0.4, 0.5) is 0 Å². The molecular formula is C24H23N2O6-. The number of ether oxygens (including phenoxy) is 3. The molecule has 1 atom stereocenters. The van der Waals surface area contributed by atoms with Gasteiger partial charge in [0.05, 0.1) is 30.9 Å². The number of methoxy groups -OCH3 is 2. The van der Waals surface area contributed by atoms with Crippen LogP contribution in [0.15, 0.2) is 60.0 Å². The molecule has 0 saturated carbocycles.